The highest BCUT2D eigenvalue weighted by atomic mass is 19.4. The minimum Gasteiger partial charge on any atom is -0.312 e. The van der Waals surface area contributed by atoms with E-state index in [4.69, 9.17) is 0 Å². The fourth-order valence-corrected chi connectivity index (χ4v) is 2.42. The molecule has 5 heteroatoms. The van der Waals surface area contributed by atoms with Gasteiger partial charge in [-0.3, -0.25) is 0 Å². The highest BCUT2D eigenvalue weighted by molar-refractivity contribution is 5.30. The standard InChI is InChI=1S/C14H17F4N/c1-13(5-2-6-13)9-19-8-10-3-4-11(15)7-12(10)14(16,17)18/h3-4,7,19H,2,5-6,8-9H2,1H3. The van der Waals surface area contributed by atoms with Crippen molar-refractivity contribution >= 4 is 0 Å². The van der Waals surface area contributed by atoms with E-state index < -0.39 is 17.6 Å². The summed E-state index contributed by atoms with van der Waals surface area (Å²) in [7, 11) is 0. The van der Waals surface area contributed by atoms with Gasteiger partial charge in [0.2, 0.25) is 0 Å². The van der Waals surface area contributed by atoms with Crippen LogP contribution in [-0.4, -0.2) is 6.54 Å². The second-order valence-electron chi connectivity index (χ2n) is 5.57. The van der Waals surface area contributed by atoms with Crippen LogP contribution < -0.4 is 5.32 Å². The quantitative estimate of drug-likeness (QED) is 0.815. The topological polar surface area (TPSA) is 12.0 Å². The highest BCUT2D eigenvalue weighted by Crippen LogP contribution is 2.39. The van der Waals surface area contributed by atoms with Crippen LogP contribution in [0.15, 0.2) is 18.2 Å². The Balaban J connectivity index is 2.03. The summed E-state index contributed by atoms with van der Waals surface area (Å²) in [5, 5.41) is 3.05. The fraction of sp³-hybridized carbons (Fsp3) is 0.571. The van der Waals surface area contributed by atoms with E-state index in [9.17, 15) is 17.6 Å². The first-order chi connectivity index (χ1) is 8.80. The second kappa shape index (κ2) is 5.12. The first-order valence-corrected chi connectivity index (χ1v) is 6.37. The third kappa shape index (κ3) is 3.47. The van der Waals surface area contributed by atoms with Crippen molar-refractivity contribution in [3.8, 4) is 0 Å². The Hall–Kier alpha value is -1.10. The lowest BCUT2D eigenvalue weighted by Gasteiger charge is -2.38. The zero-order valence-electron chi connectivity index (χ0n) is 10.8. The van der Waals surface area contributed by atoms with Crippen LogP contribution in [0.4, 0.5) is 17.6 Å². The van der Waals surface area contributed by atoms with Crippen molar-refractivity contribution in [2.45, 2.75) is 38.9 Å². The maximum Gasteiger partial charge on any atom is 0.416 e. The molecule has 0 atom stereocenters. The Morgan fingerprint density at radius 2 is 1.95 bits per heavy atom. The van der Waals surface area contributed by atoms with Crippen molar-refractivity contribution in [1.82, 2.24) is 5.32 Å². The average Bonchev–Trinajstić information content (AvgIpc) is 2.27. The first kappa shape index (κ1) is 14.3. The van der Waals surface area contributed by atoms with Crippen molar-refractivity contribution in [3.63, 3.8) is 0 Å². The number of hydrogen-bond acceptors (Lipinski definition) is 1. The molecular weight excluding hydrogens is 258 g/mol. The van der Waals surface area contributed by atoms with Crippen molar-refractivity contribution in [2.24, 2.45) is 5.41 Å². The summed E-state index contributed by atoms with van der Waals surface area (Å²) in [6.45, 7) is 2.94. The van der Waals surface area contributed by atoms with E-state index in [1.165, 1.54) is 12.5 Å². The van der Waals surface area contributed by atoms with Gasteiger partial charge in [0.1, 0.15) is 5.82 Å². The minimum atomic E-state index is -4.51. The van der Waals surface area contributed by atoms with Crippen molar-refractivity contribution in [3.05, 3.63) is 35.1 Å². The number of halogens is 4. The summed E-state index contributed by atoms with van der Waals surface area (Å²) in [6.07, 6.45) is -1.12. The Kier molecular flexibility index (Phi) is 3.85. The molecule has 0 bridgehead atoms. The summed E-state index contributed by atoms with van der Waals surface area (Å²) >= 11 is 0. The van der Waals surface area contributed by atoms with Gasteiger partial charge in [0, 0.05) is 13.1 Å². The van der Waals surface area contributed by atoms with Crippen LogP contribution in [0, 0.1) is 11.2 Å². The van der Waals surface area contributed by atoms with Gasteiger partial charge >= 0.3 is 6.18 Å². The minimum absolute atomic E-state index is 0.0943. The number of benzene rings is 1. The maximum absolute atomic E-state index is 12.9. The van der Waals surface area contributed by atoms with Gasteiger partial charge in [-0.2, -0.15) is 13.2 Å². The van der Waals surface area contributed by atoms with Crippen molar-refractivity contribution in [2.75, 3.05) is 6.54 Å². The van der Waals surface area contributed by atoms with Crippen LogP contribution >= 0.6 is 0 Å². The zero-order valence-corrected chi connectivity index (χ0v) is 10.8. The highest BCUT2D eigenvalue weighted by Gasteiger charge is 2.34. The van der Waals surface area contributed by atoms with E-state index in [-0.39, 0.29) is 17.5 Å². The maximum atomic E-state index is 12.9. The molecule has 0 spiro atoms. The van der Waals surface area contributed by atoms with Gasteiger partial charge in [-0.1, -0.05) is 19.4 Å². The number of hydrogen-bond donors (Lipinski definition) is 1. The van der Waals surface area contributed by atoms with Gasteiger partial charge in [0.05, 0.1) is 5.56 Å². The van der Waals surface area contributed by atoms with E-state index >= 15 is 0 Å². The van der Waals surface area contributed by atoms with Crippen molar-refractivity contribution in [1.29, 1.82) is 0 Å². The summed E-state index contributed by atoms with van der Waals surface area (Å²) in [4.78, 5) is 0. The fourth-order valence-electron chi connectivity index (χ4n) is 2.42. The smallest absolute Gasteiger partial charge is 0.312 e. The number of nitrogens with one attached hydrogen (secondary N) is 1. The third-order valence-corrected chi connectivity index (χ3v) is 3.81. The predicted molar refractivity (Wildman–Crippen MR) is 65.1 cm³/mol. The summed E-state index contributed by atoms with van der Waals surface area (Å²) < 4.78 is 51.2. The number of rotatable bonds is 4. The second-order valence-corrected chi connectivity index (χ2v) is 5.57. The van der Waals surface area contributed by atoms with Gasteiger partial charge in [-0.25, -0.2) is 4.39 Å². The average molecular weight is 275 g/mol. The van der Waals surface area contributed by atoms with Crippen LogP contribution in [0.1, 0.15) is 37.3 Å². The molecule has 1 aliphatic rings. The van der Waals surface area contributed by atoms with E-state index in [0.717, 1.165) is 18.9 Å². The molecule has 1 saturated carbocycles. The van der Waals surface area contributed by atoms with Crippen LogP contribution in [-0.2, 0) is 12.7 Å². The van der Waals surface area contributed by atoms with E-state index in [1.54, 1.807) is 0 Å². The molecule has 1 aromatic carbocycles. The van der Waals surface area contributed by atoms with Crippen LogP contribution in [0.2, 0.25) is 0 Å². The van der Waals surface area contributed by atoms with Gasteiger partial charge in [-0.05, 0) is 36.0 Å². The molecule has 19 heavy (non-hydrogen) atoms. The Bertz CT molecular complexity index is 449. The molecule has 0 radical (unpaired) electrons. The molecule has 1 aliphatic carbocycles. The lowest BCUT2D eigenvalue weighted by atomic mass is 9.70. The SMILES string of the molecule is CC1(CNCc2ccc(F)cc2C(F)(F)F)CCC1. The third-order valence-electron chi connectivity index (χ3n) is 3.81. The lowest BCUT2D eigenvalue weighted by Crippen LogP contribution is -2.37. The van der Waals surface area contributed by atoms with E-state index in [1.807, 2.05) is 0 Å². The molecule has 1 aromatic rings. The molecule has 0 saturated heterocycles. The normalized spacial score (nSPS) is 18.2. The largest absolute Gasteiger partial charge is 0.416 e. The van der Waals surface area contributed by atoms with Crippen LogP contribution in [0.5, 0.6) is 0 Å². The van der Waals surface area contributed by atoms with Crippen LogP contribution in [0.25, 0.3) is 0 Å². The van der Waals surface area contributed by atoms with E-state index in [2.05, 4.69) is 12.2 Å². The zero-order chi connectivity index (χ0) is 14.1. The first-order valence-electron chi connectivity index (χ1n) is 6.37. The molecule has 106 valence electrons. The Labute approximate surface area is 110 Å². The summed E-state index contributed by atoms with van der Waals surface area (Å²) in [5.41, 5.74) is -0.589. The van der Waals surface area contributed by atoms with Gasteiger partial charge in [-0.15, -0.1) is 0 Å². The predicted octanol–water partition coefficient (Wildman–Crippen LogP) is 4.12. The van der Waals surface area contributed by atoms with Crippen LogP contribution in [0.3, 0.4) is 0 Å². The van der Waals surface area contributed by atoms with Gasteiger partial charge in [0.15, 0.2) is 0 Å². The molecule has 0 aliphatic heterocycles. The van der Waals surface area contributed by atoms with E-state index in [0.29, 0.717) is 12.6 Å². The lowest BCUT2D eigenvalue weighted by molar-refractivity contribution is -0.138. The van der Waals surface area contributed by atoms with Gasteiger partial charge in [0.25, 0.3) is 0 Å². The summed E-state index contributed by atoms with van der Waals surface area (Å²) in [6, 6.07) is 2.83. The molecule has 2 rings (SSSR count). The molecule has 1 nitrogen and oxygen atoms in total. The number of alkyl halides is 3. The van der Waals surface area contributed by atoms with Gasteiger partial charge < -0.3 is 5.32 Å². The Morgan fingerprint density at radius 1 is 1.26 bits per heavy atom. The van der Waals surface area contributed by atoms with Crippen molar-refractivity contribution < 1.29 is 17.6 Å². The molecule has 0 aromatic heterocycles. The molecule has 1 N–H and O–H groups in total. The summed E-state index contributed by atoms with van der Waals surface area (Å²) in [5.74, 6) is -0.859. The molecule has 0 amide bonds. The molecule has 1 fully saturated rings. The Morgan fingerprint density at radius 3 is 2.47 bits per heavy atom. The molecule has 0 unspecified atom stereocenters. The molecule has 0 heterocycles. The monoisotopic (exact) mass is 275 g/mol. The molecular formula is C14H17F4N.